The highest BCUT2D eigenvalue weighted by Gasteiger charge is 2.37. The molecule has 2 rings (SSSR count). The molecule has 0 radical (unpaired) electrons. The molecule has 0 aromatic heterocycles. The average Bonchev–Trinajstić information content (AvgIpc) is 2.94. The summed E-state index contributed by atoms with van der Waals surface area (Å²) in [6, 6.07) is 9.05. The number of benzene rings is 1. The zero-order valence-corrected chi connectivity index (χ0v) is 13.3. The largest absolute Gasteiger partial charge is 0.296 e. The third kappa shape index (κ3) is 3.05. The quantitative estimate of drug-likeness (QED) is 0.640. The Balaban J connectivity index is 2.22. The number of nitrogens with two attached hydrogens (primary N) is 1. The molecule has 0 aliphatic carbocycles. The lowest BCUT2D eigenvalue weighted by Crippen LogP contribution is -2.53. The summed E-state index contributed by atoms with van der Waals surface area (Å²) in [5.74, 6) is 6.45. The van der Waals surface area contributed by atoms with Gasteiger partial charge in [-0.1, -0.05) is 38.1 Å². The number of hydrogen-bond donors (Lipinski definition) is 2. The molecule has 0 amide bonds. The minimum atomic E-state index is 0.0323. The molecular weight excluding hydrogens is 246 g/mol. The Labute approximate surface area is 123 Å². The summed E-state index contributed by atoms with van der Waals surface area (Å²) in [5.41, 5.74) is 5.73. The van der Waals surface area contributed by atoms with E-state index in [1.165, 1.54) is 37.1 Å². The van der Waals surface area contributed by atoms with E-state index in [0.29, 0.717) is 5.92 Å². The number of nitrogens with zero attached hydrogens (tertiary/aromatic N) is 1. The highest BCUT2D eigenvalue weighted by molar-refractivity contribution is 5.29. The molecule has 1 atom stereocenters. The monoisotopic (exact) mass is 275 g/mol. The lowest BCUT2D eigenvalue weighted by atomic mass is 9.86. The molecule has 0 bridgehead atoms. The zero-order valence-electron chi connectivity index (χ0n) is 13.3. The van der Waals surface area contributed by atoms with Crippen molar-refractivity contribution in [3.63, 3.8) is 0 Å². The molecule has 1 fully saturated rings. The summed E-state index contributed by atoms with van der Waals surface area (Å²) >= 11 is 0. The Hall–Kier alpha value is -0.900. The molecule has 0 spiro atoms. The first kappa shape index (κ1) is 15.5. The van der Waals surface area contributed by atoms with Gasteiger partial charge in [0.1, 0.15) is 0 Å². The number of hydrogen-bond acceptors (Lipinski definition) is 3. The van der Waals surface area contributed by atoms with E-state index >= 15 is 0 Å². The van der Waals surface area contributed by atoms with Gasteiger partial charge in [-0.2, -0.15) is 0 Å². The summed E-state index contributed by atoms with van der Waals surface area (Å²) < 4.78 is 0. The number of hydrazine groups is 1. The second kappa shape index (κ2) is 6.25. The van der Waals surface area contributed by atoms with Gasteiger partial charge in [0, 0.05) is 5.54 Å². The van der Waals surface area contributed by atoms with E-state index < -0.39 is 0 Å². The van der Waals surface area contributed by atoms with Crippen LogP contribution in [0.25, 0.3) is 0 Å². The van der Waals surface area contributed by atoms with Crippen LogP contribution in [0, 0.1) is 0 Å². The number of likely N-dealkylation sites (tertiary alicyclic amines) is 1. The van der Waals surface area contributed by atoms with Crippen molar-refractivity contribution in [2.24, 2.45) is 5.84 Å². The summed E-state index contributed by atoms with van der Waals surface area (Å²) in [4.78, 5) is 2.55. The normalized spacial score (nSPS) is 18.7. The van der Waals surface area contributed by atoms with Gasteiger partial charge in [-0.3, -0.25) is 16.2 Å². The Bertz CT molecular complexity index is 416. The maximum atomic E-state index is 5.88. The third-order valence-electron chi connectivity index (χ3n) is 4.73. The fourth-order valence-corrected chi connectivity index (χ4v) is 3.26. The van der Waals surface area contributed by atoms with Crippen LogP contribution in [0.15, 0.2) is 24.3 Å². The predicted molar refractivity (Wildman–Crippen MR) is 85.5 cm³/mol. The third-order valence-corrected chi connectivity index (χ3v) is 4.73. The van der Waals surface area contributed by atoms with E-state index in [9.17, 15) is 0 Å². The van der Waals surface area contributed by atoms with Crippen molar-refractivity contribution in [3.05, 3.63) is 35.4 Å². The maximum Gasteiger partial charge on any atom is 0.0638 e. The highest BCUT2D eigenvalue weighted by Crippen LogP contribution is 2.33. The van der Waals surface area contributed by atoms with Crippen LogP contribution in [0.4, 0.5) is 0 Å². The smallest absolute Gasteiger partial charge is 0.0638 e. The van der Waals surface area contributed by atoms with Crippen molar-refractivity contribution < 1.29 is 0 Å². The second-order valence-corrected chi connectivity index (χ2v) is 6.77. The first-order chi connectivity index (χ1) is 9.46. The molecular formula is C17H29N3. The van der Waals surface area contributed by atoms with E-state index in [2.05, 4.69) is 62.3 Å². The molecule has 1 aromatic rings. The van der Waals surface area contributed by atoms with E-state index in [1.807, 2.05) is 0 Å². The van der Waals surface area contributed by atoms with Crippen LogP contribution in [0.2, 0.25) is 0 Å². The van der Waals surface area contributed by atoms with Crippen molar-refractivity contribution in [1.82, 2.24) is 10.3 Å². The molecule has 3 nitrogen and oxygen atoms in total. The van der Waals surface area contributed by atoms with Crippen molar-refractivity contribution in [3.8, 4) is 0 Å². The molecule has 1 aliphatic rings. The minimum Gasteiger partial charge on any atom is -0.296 e. The molecule has 1 unspecified atom stereocenters. The van der Waals surface area contributed by atoms with E-state index in [4.69, 9.17) is 5.84 Å². The van der Waals surface area contributed by atoms with Crippen molar-refractivity contribution >= 4 is 0 Å². The summed E-state index contributed by atoms with van der Waals surface area (Å²) in [6.45, 7) is 11.4. The van der Waals surface area contributed by atoms with Gasteiger partial charge in [-0.05, 0) is 56.8 Å². The zero-order chi connectivity index (χ0) is 14.8. The van der Waals surface area contributed by atoms with Gasteiger partial charge in [0.15, 0.2) is 0 Å². The molecule has 20 heavy (non-hydrogen) atoms. The minimum absolute atomic E-state index is 0.0323. The van der Waals surface area contributed by atoms with Crippen LogP contribution in [-0.4, -0.2) is 23.5 Å². The second-order valence-electron chi connectivity index (χ2n) is 6.77. The fraction of sp³-hybridized carbons (Fsp3) is 0.647. The number of rotatable bonds is 5. The molecule has 112 valence electrons. The van der Waals surface area contributed by atoms with Gasteiger partial charge < -0.3 is 0 Å². The van der Waals surface area contributed by atoms with Gasteiger partial charge in [0.25, 0.3) is 0 Å². The topological polar surface area (TPSA) is 41.3 Å². The van der Waals surface area contributed by atoms with Crippen molar-refractivity contribution in [2.75, 3.05) is 13.1 Å². The molecule has 3 heteroatoms. The molecule has 0 saturated carbocycles. The molecule has 1 aromatic carbocycles. The molecule has 1 aliphatic heterocycles. The van der Waals surface area contributed by atoms with Crippen molar-refractivity contribution in [1.29, 1.82) is 0 Å². The van der Waals surface area contributed by atoms with Crippen LogP contribution in [0.5, 0.6) is 0 Å². The predicted octanol–water partition coefficient (Wildman–Crippen LogP) is 3.19. The van der Waals surface area contributed by atoms with Crippen LogP contribution in [-0.2, 0) is 0 Å². The summed E-state index contributed by atoms with van der Waals surface area (Å²) in [7, 11) is 0. The van der Waals surface area contributed by atoms with Gasteiger partial charge in [0.05, 0.1) is 6.04 Å². The molecule has 1 saturated heterocycles. The van der Waals surface area contributed by atoms with E-state index in [-0.39, 0.29) is 11.6 Å². The lowest BCUT2D eigenvalue weighted by molar-refractivity contribution is 0.107. The van der Waals surface area contributed by atoms with E-state index in [0.717, 1.165) is 0 Å². The summed E-state index contributed by atoms with van der Waals surface area (Å²) in [6.07, 6.45) is 2.60. The van der Waals surface area contributed by atoms with Crippen LogP contribution in [0.1, 0.15) is 63.6 Å². The number of nitrogens with one attached hydrogen (secondary N) is 1. The van der Waals surface area contributed by atoms with Gasteiger partial charge in [0.2, 0.25) is 0 Å². The van der Waals surface area contributed by atoms with Crippen molar-refractivity contribution in [2.45, 2.75) is 58.0 Å². The van der Waals surface area contributed by atoms with E-state index in [1.54, 1.807) is 0 Å². The fourth-order valence-electron chi connectivity index (χ4n) is 3.26. The summed E-state index contributed by atoms with van der Waals surface area (Å²) in [5, 5.41) is 0. The maximum absolute atomic E-state index is 5.88. The highest BCUT2D eigenvalue weighted by atomic mass is 15.3. The molecule has 3 N–H and O–H groups in total. The Morgan fingerprint density at radius 1 is 1.05 bits per heavy atom. The Morgan fingerprint density at radius 3 is 2.00 bits per heavy atom. The van der Waals surface area contributed by atoms with Gasteiger partial charge >= 0.3 is 0 Å². The van der Waals surface area contributed by atoms with Crippen LogP contribution < -0.4 is 11.3 Å². The van der Waals surface area contributed by atoms with Gasteiger partial charge in [-0.15, -0.1) is 0 Å². The molecule has 1 heterocycles. The lowest BCUT2D eigenvalue weighted by Gasteiger charge is -2.42. The Kier molecular flexibility index (Phi) is 4.84. The average molecular weight is 275 g/mol. The van der Waals surface area contributed by atoms with Crippen LogP contribution >= 0.6 is 0 Å². The first-order valence-corrected chi connectivity index (χ1v) is 7.78. The standard InChI is InChI=1S/C17H29N3/c1-13(2)14-7-9-15(10-8-14)16(19-18)17(3,4)20-11-5-6-12-20/h7-10,13,16,19H,5-6,11-12,18H2,1-4H3. The van der Waals surface area contributed by atoms with Crippen LogP contribution in [0.3, 0.4) is 0 Å². The van der Waals surface area contributed by atoms with Gasteiger partial charge in [-0.25, -0.2) is 0 Å². The SMILES string of the molecule is CC(C)c1ccc(C(NN)C(C)(C)N2CCCC2)cc1. The Morgan fingerprint density at radius 2 is 1.55 bits per heavy atom. The first-order valence-electron chi connectivity index (χ1n) is 7.78.